The second kappa shape index (κ2) is 5.59. The van der Waals surface area contributed by atoms with Crippen LogP contribution >= 0.6 is 12.2 Å². The minimum absolute atomic E-state index is 0.126. The molecule has 1 N–H and O–H groups in total. The van der Waals surface area contributed by atoms with E-state index in [9.17, 15) is 4.79 Å². The number of carbonyl (C=O) groups excluding carboxylic acids is 1. The Morgan fingerprint density at radius 3 is 2.55 bits per heavy atom. The summed E-state index contributed by atoms with van der Waals surface area (Å²) >= 11 is 5.31. The Morgan fingerprint density at radius 2 is 1.75 bits per heavy atom. The van der Waals surface area contributed by atoms with Crippen LogP contribution in [0.3, 0.4) is 0 Å². The number of amides is 1. The van der Waals surface area contributed by atoms with Gasteiger partial charge in [-0.15, -0.1) is 0 Å². The van der Waals surface area contributed by atoms with Crippen LogP contribution < -0.4 is 5.32 Å². The molecule has 0 saturated carbocycles. The maximum atomic E-state index is 12.4. The highest BCUT2D eigenvalue weighted by atomic mass is 32.1. The normalized spacial score (nSPS) is 14.5. The summed E-state index contributed by atoms with van der Waals surface area (Å²) in [5.41, 5.74) is 0.671. The van der Waals surface area contributed by atoms with Crippen LogP contribution in [0.2, 0.25) is 0 Å². The molecule has 0 aromatic heterocycles. The van der Waals surface area contributed by atoms with Gasteiger partial charge in [0, 0.05) is 18.7 Å². The van der Waals surface area contributed by atoms with Crippen molar-refractivity contribution in [2.75, 3.05) is 13.1 Å². The van der Waals surface area contributed by atoms with Crippen molar-refractivity contribution in [2.24, 2.45) is 0 Å². The smallest absolute Gasteiger partial charge is 0.258 e. The van der Waals surface area contributed by atoms with Gasteiger partial charge in [-0.25, -0.2) is 0 Å². The van der Waals surface area contributed by atoms with Crippen LogP contribution in [0.25, 0.3) is 10.8 Å². The number of thiocarbonyl (C=S) groups is 1. The first kappa shape index (κ1) is 13.1. The van der Waals surface area contributed by atoms with Gasteiger partial charge in [0.05, 0.1) is 0 Å². The van der Waals surface area contributed by atoms with Gasteiger partial charge in [0.25, 0.3) is 5.91 Å². The van der Waals surface area contributed by atoms with E-state index < -0.39 is 0 Å². The first-order valence-electron chi connectivity index (χ1n) is 6.84. The lowest BCUT2D eigenvalue weighted by molar-refractivity contribution is 0.0975. The Bertz CT molecular complexity index is 657. The predicted molar refractivity (Wildman–Crippen MR) is 84.8 cm³/mol. The Kier molecular flexibility index (Phi) is 3.65. The summed E-state index contributed by atoms with van der Waals surface area (Å²) in [7, 11) is 0. The number of carbonyl (C=O) groups is 1. The fourth-order valence-electron chi connectivity index (χ4n) is 2.59. The molecule has 0 aliphatic carbocycles. The van der Waals surface area contributed by atoms with E-state index in [4.69, 9.17) is 12.2 Å². The summed E-state index contributed by atoms with van der Waals surface area (Å²) in [4.78, 5) is 14.5. The van der Waals surface area contributed by atoms with Crippen LogP contribution in [-0.2, 0) is 0 Å². The number of nitrogens with zero attached hydrogens (tertiary/aromatic N) is 1. The number of fused-ring (bicyclic) bond motifs is 1. The van der Waals surface area contributed by atoms with Crippen molar-refractivity contribution in [3.05, 3.63) is 48.0 Å². The van der Waals surface area contributed by atoms with E-state index in [0.29, 0.717) is 10.7 Å². The number of benzene rings is 2. The molecule has 1 aliphatic heterocycles. The Hall–Kier alpha value is -1.94. The summed E-state index contributed by atoms with van der Waals surface area (Å²) in [6.07, 6.45) is 2.29. The molecule has 4 heteroatoms. The standard InChI is InChI=1S/C16H16N2OS/c19-15(17-16(20)18-10-3-4-11-18)14-9-5-7-12-6-1-2-8-13(12)14/h1-2,5-9H,3-4,10-11H2,(H,17,19,20). The van der Waals surface area contributed by atoms with Gasteiger partial charge >= 0.3 is 0 Å². The SMILES string of the molecule is O=C(NC(=S)N1CCCC1)c1cccc2ccccc12. The van der Waals surface area contributed by atoms with E-state index >= 15 is 0 Å². The van der Waals surface area contributed by atoms with Gasteiger partial charge in [0.15, 0.2) is 5.11 Å². The van der Waals surface area contributed by atoms with Crippen LogP contribution in [0.1, 0.15) is 23.2 Å². The molecule has 0 unspecified atom stereocenters. The van der Waals surface area contributed by atoms with E-state index in [1.807, 2.05) is 42.5 Å². The molecule has 1 heterocycles. The molecule has 1 amide bonds. The van der Waals surface area contributed by atoms with E-state index in [0.717, 1.165) is 36.7 Å². The lowest BCUT2D eigenvalue weighted by Gasteiger charge is -2.19. The van der Waals surface area contributed by atoms with Gasteiger partial charge in [-0.3, -0.25) is 10.1 Å². The first-order chi connectivity index (χ1) is 9.75. The molecular weight excluding hydrogens is 268 g/mol. The number of likely N-dealkylation sites (tertiary alicyclic amines) is 1. The summed E-state index contributed by atoms with van der Waals surface area (Å²) in [6, 6.07) is 13.6. The van der Waals surface area contributed by atoms with Crippen molar-refractivity contribution in [3.63, 3.8) is 0 Å². The van der Waals surface area contributed by atoms with Gasteiger partial charge in [0.1, 0.15) is 0 Å². The monoisotopic (exact) mass is 284 g/mol. The average molecular weight is 284 g/mol. The minimum atomic E-state index is -0.126. The van der Waals surface area contributed by atoms with Crippen molar-refractivity contribution >= 4 is 34.0 Å². The number of hydrogen-bond donors (Lipinski definition) is 1. The minimum Gasteiger partial charge on any atom is -0.349 e. The maximum absolute atomic E-state index is 12.4. The van der Waals surface area contributed by atoms with E-state index in [2.05, 4.69) is 10.2 Å². The lowest BCUT2D eigenvalue weighted by atomic mass is 10.0. The van der Waals surface area contributed by atoms with Gasteiger partial charge in [-0.05, 0) is 41.9 Å². The molecule has 0 atom stereocenters. The number of nitrogens with one attached hydrogen (secondary N) is 1. The first-order valence-corrected chi connectivity index (χ1v) is 7.24. The summed E-state index contributed by atoms with van der Waals surface area (Å²) < 4.78 is 0. The quantitative estimate of drug-likeness (QED) is 0.817. The number of rotatable bonds is 1. The largest absolute Gasteiger partial charge is 0.349 e. The Morgan fingerprint density at radius 1 is 1.05 bits per heavy atom. The van der Waals surface area contributed by atoms with Gasteiger partial charge in [0.2, 0.25) is 0 Å². The molecule has 20 heavy (non-hydrogen) atoms. The van der Waals surface area contributed by atoms with Crippen LogP contribution in [0.15, 0.2) is 42.5 Å². The molecule has 1 aliphatic rings. The summed E-state index contributed by atoms with van der Waals surface area (Å²) in [6.45, 7) is 1.88. The van der Waals surface area contributed by atoms with Crippen molar-refractivity contribution in [2.45, 2.75) is 12.8 Å². The van der Waals surface area contributed by atoms with E-state index in [1.165, 1.54) is 0 Å². The second-order valence-corrected chi connectivity index (χ2v) is 5.37. The maximum Gasteiger partial charge on any atom is 0.258 e. The molecule has 3 rings (SSSR count). The van der Waals surface area contributed by atoms with Crippen molar-refractivity contribution in [1.29, 1.82) is 0 Å². The lowest BCUT2D eigenvalue weighted by Crippen LogP contribution is -2.41. The zero-order chi connectivity index (χ0) is 13.9. The zero-order valence-corrected chi connectivity index (χ0v) is 12.0. The summed E-state index contributed by atoms with van der Waals surface area (Å²) in [5, 5.41) is 5.41. The molecule has 2 aromatic rings. The van der Waals surface area contributed by atoms with E-state index in [-0.39, 0.29) is 5.91 Å². The van der Waals surface area contributed by atoms with Gasteiger partial charge < -0.3 is 4.90 Å². The third-order valence-electron chi connectivity index (χ3n) is 3.65. The third kappa shape index (κ3) is 2.51. The van der Waals surface area contributed by atoms with Crippen LogP contribution in [-0.4, -0.2) is 29.0 Å². The van der Waals surface area contributed by atoms with Crippen molar-refractivity contribution in [1.82, 2.24) is 10.2 Å². The Balaban J connectivity index is 1.83. The topological polar surface area (TPSA) is 32.3 Å². The fraction of sp³-hybridized carbons (Fsp3) is 0.250. The molecule has 1 saturated heterocycles. The fourth-order valence-corrected chi connectivity index (χ4v) is 2.86. The zero-order valence-electron chi connectivity index (χ0n) is 11.1. The van der Waals surface area contributed by atoms with Gasteiger partial charge in [-0.1, -0.05) is 36.4 Å². The van der Waals surface area contributed by atoms with E-state index in [1.54, 1.807) is 0 Å². The molecule has 102 valence electrons. The molecule has 2 aromatic carbocycles. The van der Waals surface area contributed by atoms with Gasteiger partial charge in [-0.2, -0.15) is 0 Å². The van der Waals surface area contributed by atoms with Crippen molar-refractivity contribution in [3.8, 4) is 0 Å². The van der Waals surface area contributed by atoms with Crippen LogP contribution in [0.5, 0.6) is 0 Å². The van der Waals surface area contributed by atoms with Crippen LogP contribution in [0, 0.1) is 0 Å². The molecule has 0 spiro atoms. The highest BCUT2D eigenvalue weighted by Gasteiger charge is 2.18. The second-order valence-electron chi connectivity index (χ2n) is 4.98. The van der Waals surface area contributed by atoms with Crippen LogP contribution in [0.4, 0.5) is 0 Å². The third-order valence-corrected chi connectivity index (χ3v) is 4.01. The number of hydrogen-bond acceptors (Lipinski definition) is 2. The molecule has 0 radical (unpaired) electrons. The average Bonchev–Trinajstić information content (AvgIpc) is 3.01. The van der Waals surface area contributed by atoms with Crippen molar-refractivity contribution < 1.29 is 4.79 Å². The molecule has 3 nitrogen and oxygen atoms in total. The summed E-state index contributed by atoms with van der Waals surface area (Å²) in [5.74, 6) is -0.126. The Labute approximate surface area is 123 Å². The molecule has 0 bridgehead atoms. The highest BCUT2D eigenvalue weighted by molar-refractivity contribution is 7.80. The predicted octanol–water partition coefficient (Wildman–Crippen LogP) is 2.95. The molecule has 1 fully saturated rings. The molecular formula is C16H16N2OS. The highest BCUT2D eigenvalue weighted by Crippen LogP contribution is 2.18.